The summed E-state index contributed by atoms with van der Waals surface area (Å²) in [5.74, 6) is -0.697. The van der Waals surface area contributed by atoms with E-state index in [4.69, 9.17) is 27.9 Å². The molecule has 0 fully saturated rings. The summed E-state index contributed by atoms with van der Waals surface area (Å²) < 4.78 is 33.3. The van der Waals surface area contributed by atoms with Gasteiger partial charge in [-0.3, -0.25) is 24.6 Å². The zero-order valence-corrected chi connectivity index (χ0v) is 23.0. The maximum atomic E-state index is 13.4. The number of carbonyl (C=O) groups excluding carboxylic acids is 2. The van der Waals surface area contributed by atoms with Crippen molar-refractivity contribution in [2.45, 2.75) is 26.4 Å². The van der Waals surface area contributed by atoms with Crippen molar-refractivity contribution in [1.29, 1.82) is 0 Å². The molecule has 15 heteroatoms. The van der Waals surface area contributed by atoms with Crippen molar-refractivity contribution in [2.75, 3.05) is 12.4 Å². The molecular weight excluding hydrogens is 575 g/mol. The monoisotopic (exact) mass is 593 g/mol. The summed E-state index contributed by atoms with van der Waals surface area (Å²) in [5.41, 5.74) is 1.61. The fourth-order valence-corrected chi connectivity index (χ4v) is 5.54. The quantitative estimate of drug-likeness (QED) is 0.301. The highest BCUT2D eigenvalue weighted by atomic mass is 35.5. The van der Waals surface area contributed by atoms with Crippen molar-refractivity contribution in [3.8, 4) is 16.9 Å². The van der Waals surface area contributed by atoms with E-state index in [1.165, 1.54) is 42.8 Å². The number of halogens is 4. The maximum absolute atomic E-state index is 13.4. The summed E-state index contributed by atoms with van der Waals surface area (Å²) in [6.07, 6.45) is -0.0342. The van der Waals surface area contributed by atoms with Gasteiger partial charge in [-0.25, -0.2) is 18.7 Å². The molecule has 5 heterocycles. The number of amides is 2. The Morgan fingerprint density at radius 1 is 1.15 bits per heavy atom. The summed E-state index contributed by atoms with van der Waals surface area (Å²) in [6.45, 7) is 1.99. The lowest BCUT2D eigenvalue weighted by atomic mass is 10.0. The predicted octanol–water partition coefficient (Wildman–Crippen LogP) is 5.30. The van der Waals surface area contributed by atoms with Gasteiger partial charge in [0.1, 0.15) is 27.3 Å². The minimum atomic E-state index is -2.96. The van der Waals surface area contributed by atoms with Gasteiger partial charge in [0, 0.05) is 30.1 Å². The van der Waals surface area contributed by atoms with E-state index < -0.39 is 23.9 Å². The maximum Gasteiger partial charge on any atom is 0.283 e. The molecule has 39 heavy (non-hydrogen) atoms. The van der Waals surface area contributed by atoms with Crippen LogP contribution in [0.5, 0.6) is 5.75 Å². The first-order valence-corrected chi connectivity index (χ1v) is 12.9. The number of fused-ring (bicyclic) bond motifs is 1. The van der Waals surface area contributed by atoms with Gasteiger partial charge in [0.05, 0.1) is 42.5 Å². The number of hydrogen-bond donors (Lipinski definition) is 1. The van der Waals surface area contributed by atoms with E-state index in [0.29, 0.717) is 38.3 Å². The van der Waals surface area contributed by atoms with Gasteiger partial charge in [0.25, 0.3) is 18.2 Å². The van der Waals surface area contributed by atoms with Gasteiger partial charge in [0.15, 0.2) is 5.13 Å². The van der Waals surface area contributed by atoms with Crippen LogP contribution in [0.25, 0.3) is 11.1 Å². The molecule has 10 nitrogen and oxygen atoms in total. The van der Waals surface area contributed by atoms with Crippen molar-refractivity contribution in [1.82, 2.24) is 29.6 Å². The lowest BCUT2D eigenvalue weighted by Gasteiger charge is -2.16. The molecular formula is C24H19Cl2F2N7O3S. The first-order chi connectivity index (χ1) is 18.6. The molecule has 2 amide bonds. The van der Waals surface area contributed by atoms with Crippen LogP contribution >= 0.6 is 34.5 Å². The molecule has 0 saturated heterocycles. The van der Waals surface area contributed by atoms with Crippen LogP contribution in [0.1, 0.15) is 49.1 Å². The highest BCUT2D eigenvalue weighted by molar-refractivity contribution is 7.16. The summed E-state index contributed by atoms with van der Waals surface area (Å²) in [7, 11) is 2.88. The predicted molar refractivity (Wildman–Crippen MR) is 141 cm³/mol. The molecule has 1 aliphatic rings. The SMILES string of the molecule is COc1cnc(Cl)cc1-c1cc(C)ncc1C(=O)Nc1nc2c(s1)CN(C(=O)c1c(C(F)F)nn(C)c1Cl)C2. The third-order valence-corrected chi connectivity index (χ3v) is 7.65. The molecule has 5 rings (SSSR count). The minimum Gasteiger partial charge on any atom is -0.494 e. The molecule has 202 valence electrons. The molecule has 4 aromatic rings. The second-order valence-electron chi connectivity index (χ2n) is 8.56. The van der Waals surface area contributed by atoms with Gasteiger partial charge in [-0.1, -0.05) is 34.5 Å². The second-order valence-corrected chi connectivity index (χ2v) is 10.4. The zero-order chi connectivity index (χ0) is 28.0. The number of nitrogens with zero attached hydrogens (tertiary/aromatic N) is 6. The minimum absolute atomic E-state index is 0.0679. The third kappa shape index (κ3) is 5.04. The number of anilines is 1. The molecule has 1 aliphatic heterocycles. The average molecular weight is 594 g/mol. The topological polar surface area (TPSA) is 115 Å². The number of nitrogens with one attached hydrogen (secondary N) is 1. The summed E-state index contributed by atoms with van der Waals surface area (Å²) in [4.78, 5) is 41.1. The number of thiazole rings is 1. The number of hydrogen-bond acceptors (Lipinski definition) is 8. The Balaban J connectivity index is 1.36. The first-order valence-electron chi connectivity index (χ1n) is 11.3. The molecule has 0 aromatic carbocycles. The number of aryl methyl sites for hydroxylation is 2. The molecule has 0 atom stereocenters. The van der Waals surface area contributed by atoms with Crippen molar-refractivity contribution in [3.63, 3.8) is 0 Å². The standard InChI is InChI=1S/C24H19Cl2F2N7O3S/c1-10-4-11(12-5-17(25)30-7-15(12)38-3)13(6-29-10)22(36)32-24-31-14-8-35(9-16(14)39-24)23(37)18-19(21(27)28)33-34(2)20(18)26/h4-7,21H,8-9H2,1-3H3,(H,31,32,36). The highest BCUT2D eigenvalue weighted by Gasteiger charge is 2.34. The molecule has 0 aliphatic carbocycles. The molecule has 4 aromatic heterocycles. The molecule has 0 bridgehead atoms. The number of pyridine rings is 2. The van der Waals surface area contributed by atoms with E-state index in [1.54, 1.807) is 19.1 Å². The Morgan fingerprint density at radius 2 is 1.92 bits per heavy atom. The van der Waals surface area contributed by atoms with Crippen molar-refractivity contribution in [3.05, 3.63) is 67.9 Å². The van der Waals surface area contributed by atoms with Gasteiger partial charge >= 0.3 is 0 Å². The largest absolute Gasteiger partial charge is 0.494 e. The number of aromatic nitrogens is 5. The van der Waals surface area contributed by atoms with Crippen LogP contribution in [0, 0.1) is 6.92 Å². The van der Waals surface area contributed by atoms with E-state index in [2.05, 4.69) is 25.4 Å². The molecule has 1 N–H and O–H groups in total. The lowest BCUT2D eigenvalue weighted by molar-refractivity contribution is 0.0738. The van der Waals surface area contributed by atoms with Crippen molar-refractivity contribution in [2.24, 2.45) is 7.05 Å². The van der Waals surface area contributed by atoms with Gasteiger partial charge in [-0.2, -0.15) is 5.10 Å². The number of carbonyl (C=O) groups is 2. The van der Waals surface area contributed by atoms with Crippen LogP contribution in [0.4, 0.5) is 13.9 Å². The summed E-state index contributed by atoms with van der Waals surface area (Å²) in [5, 5.41) is 6.83. The van der Waals surface area contributed by atoms with Crippen LogP contribution in [-0.4, -0.2) is 48.6 Å². The van der Waals surface area contributed by atoms with Crippen LogP contribution in [-0.2, 0) is 20.1 Å². The molecule has 0 saturated carbocycles. The lowest BCUT2D eigenvalue weighted by Crippen LogP contribution is -2.26. The first kappa shape index (κ1) is 26.9. The number of ether oxygens (including phenoxy) is 1. The Labute approximate surface area is 234 Å². The number of methoxy groups -OCH3 is 1. The molecule has 0 spiro atoms. The highest BCUT2D eigenvalue weighted by Crippen LogP contribution is 2.37. The molecule has 0 unspecified atom stereocenters. The van der Waals surface area contributed by atoms with Crippen LogP contribution in [0.2, 0.25) is 10.3 Å². The zero-order valence-electron chi connectivity index (χ0n) is 20.6. The number of rotatable bonds is 6. The smallest absolute Gasteiger partial charge is 0.283 e. The average Bonchev–Trinajstić information content (AvgIpc) is 3.55. The van der Waals surface area contributed by atoms with E-state index in [1.807, 2.05) is 0 Å². The Hall–Kier alpha value is -3.68. The van der Waals surface area contributed by atoms with E-state index in [0.717, 1.165) is 4.68 Å². The van der Waals surface area contributed by atoms with Gasteiger partial charge < -0.3 is 9.64 Å². The van der Waals surface area contributed by atoms with Crippen LogP contribution in [0.15, 0.2) is 24.5 Å². The van der Waals surface area contributed by atoms with Gasteiger partial charge in [-0.05, 0) is 19.1 Å². The normalized spacial score (nSPS) is 12.7. The van der Waals surface area contributed by atoms with Crippen molar-refractivity contribution >= 4 is 51.5 Å². The summed E-state index contributed by atoms with van der Waals surface area (Å²) in [6, 6.07) is 3.34. The fourth-order valence-electron chi connectivity index (χ4n) is 4.19. The third-order valence-electron chi connectivity index (χ3n) is 6.02. The van der Waals surface area contributed by atoms with E-state index in [9.17, 15) is 18.4 Å². The Bertz CT molecular complexity index is 1600. The Morgan fingerprint density at radius 3 is 2.62 bits per heavy atom. The number of alkyl halides is 2. The summed E-state index contributed by atoms with van der Waals surface area (Å²) >= 11 is 13.4. The van der Waals surface area contributed by atoms with Crippen LogP contribution < -0.4 is 10.1 Å². The van der Waals surface area contributed by atoms with Crippen LogP contribution in [0.3, 0.4) is 0 Å². The second kappa shape index (κ2) is 10.5. The van der Waals surface area contributed by atoms with E-state index >= 15 is 0 Å². The van der Waals surface area contributed by atoms with Gasteiger partial charge in [0.2, 0.25) is 0 Å². The Kier molecular flexibility index (Phi) is 7.23. The molecule has 0 radical (unpaired) electrons. The fraction of sp³-hybridized carbons (Fsp3) is 0.250. The van der Waals surface area contributed by atoms with E-state index in [-0.39, 0.29) is 34.5 Å². The van der Waals surface area contributed by atoms with Gasteiger partial charge in [-0.15, -0.1) is 0 Å². The van der Waals surface area contributed by atoms with Crippen molar-refractivity contribution < 1.29 is 23.1 Å².